The fraction of sp³-hybridized carbons (Fsp3) is 0.0625. The van der Waals surface area contributed by atoms with E-state index in [0.29, 0.717) is 49.6 Å². The number of halogens is 2. The first-order chi connectivity index (χ1) is 19.8. The highest BCUT2D eigenvalue weighted by Crippen LogP contribution is 2.31. The summed E-state index contributed by atoms with van der Waals surface area (Å²) in [5.41, 5.74) is 5.26. The van der Waals surface area contributed by atoms with Crippen molar-refractivity contribution in [3.63, 3.8) is 0 Å². The molecule has 0 bridgehead atoms. The molecule has 206 valence electrons. The second kappa shape index (κ2) is 11.5. The molecule has 4 aromatic carbocycles. The largest absolute Gasteiger partial charge is 0.478 e. The Morgan fingerprint density at radius 2 is 1.17 bits per heavy atom. The number of fused-ring (bicyclic) bond motifs is 2. The Bertz CT molecular complexity index is 1870. The lowest BCUT2D eigenvalue weighted by atomic mass is 10.0. The maximum absolute atomic E-state index is 14.2. The number of carboxylic acid groups (broad SMARTS) is 1. The fourth-order valence-corrected chi connectivity index (χ4v) is 4.60. The molecule has 0 aliphatic carbocycles. The summed E-state index contributed by atoms with van der Waals surface area (Å²) in [6, 6.07) is 19.7. The molecule has 2 heterocycles. The van der Waals surface area contributed by atoms with E-state index in [0.717, 1.165) is 17.4 Å². The number of aliphatic hydroxyl groups is 2. The molecule has 6 aromatic rings. The Balaban J connectivity index is 0.000000165. The van der Waals surface area contributed by atoms with E-state index in [2.05, 4.69) is 9.97 Å². The monoisotopic (exact) mass is 554 g/mol. The van der Waals surface area contributed by atoms with Crippen molar-refractivity contribution < 1.29 is 33.7 Å². The second-order valence-electron chi connectivity index (χ2n) is 9.33. The average molecular weight is 555 g/mol. The van der Waals surface area contributed by atoms with Gasteiger partial charge in [0.2, 0.25) is 0 Å². The SMILES string of the molecule is O=C(O)c1c[nH]c2cc(F)c(-c3ccc(CO)cc3)cc12.O=Cc1c[nH]c2cc(F)c(-c3ccc(CO)cc3)cc12. The predicted octanol–water partition coefficient (Wildman–Crippen LogP) is 6.44. The molecule has 2 aromatic heterocycles. The van der Waals surface area contributed by atoms with Crippen molar-refractivity contribution in [2.24, 2.45) is 0 Å². The quantitative estimate of drug-likeness (QED) is 0.151. The lowest BCUT2D eigenvalue weighted by molar-refractivity contribution is 0.0699. The smallest absolute Gasteiger partial charge is 0.337 e. The van der Waals surface area contributed by atoms with Gasteiger partial charge in [-0.3, -0.25) is 4.79 Å². The number of aliphatic hydroxyl groups excluding tert-OH is 2. The van der Waals surface area contributed by atoms with Gasteiger partial charge in [0.1, 0.15) is 11.6 Å². The van der Waals surface area contributed by atoms with Gasteiger partial charge in [0.25, 0.3) is 0 Å². The Labute approximate surface area is 232 Å². The summed E-state index contributed by atoms with van der Waals surface area (Å²) in [7, 11) is 0. The van der Waals surface area contributed by atoms with Gasteiger partial charge in [-0.25, -0.2) is 13.6 Å². The lowest BCUT2D eigenvalue weighted by Crippen LogP contribution is -1.94. The van der Waals surface area contributed by atoms with E-state index in [1.807, 2.05) is 0 Å². The molecule has 0 spiro atoms. The van der Waals surface area contributed by atoms with Crippen LogP contribution in [0.3, 0.4) is 0 Å². The topological polar surface area (TPSA) is 126 Å². The van der Waals surface area contributed by atoms with Crippen LogP contribution in [0.2, 0.25) is 0 Å². The standard InChI is InChI=1S/C16H12FNO3.C16H12FNO2/c17-14-6-15-12(13(7-18-15)16(20)21)5-11(14)10-3-1-9(8-19)2-4-10;17-15-6-16-14(12(9-20)7-18-16)5-13(15)11-3-1-10(8-19)2-4-11/h1-7,18-19H,8H2,(H,20,21);1-7,9,18-19H,8H2. The van der Waals surface area contributed by atoms with Gasteiger partial charge in [-0.2, -0.15) is 0 Å². The van der Waals surface area contributed by atoms with Crippen LogP contribution in [0.25, 0.3) is 44.1 Å². The molecule has 0 amide bonds. The molecule has 9 heteroatoms. The number of hydrogen-bond donors (Lipinski definition) is 5. The first kappa shape index (κ1) is 27.4. The molecule has 0 radical (unpaired) electrons. The summed E-state index contributed by atoms with van der Waals surface area (Å²) in [5.74, 6) is -1.85. The Kier molecular flexibility index (Phi) is 7.73. The first-order valence-corrected chi connectivity index (χ1v) is 12.5. The van der Waals surface area contributed by atoms with Gasteiger partial charge in [0.15, 0.2) is 6.29 Å². The van der Waals surface area contributed by atoms with Crippen molar-refractivity contribution in [2.45, 2.75) is 13.2 Å². The average Bonchev–Trinajstić information content (AvgIpc) is 3.60. The molecule has 41 heavy (non-hydrogen) atoms. The lowest BCUT2D eigenvalue weighted by Gasteiger charge is -2.06. The number of hydrogen-bond acceptors (Lipinski definition) is 4. The zero-order chi connectivity index (χ0) is 29.1. The Hall–Kier alpha value is -5.12. The summed E-state index contributed by atoms with van der Waals surface area (Å²) < 4.78 is 28.3. The van der Waals surface area contributed by atoms with Crippen LogP contribution in [0.1, 0.15) is 31.8 Å². The fourth-order valence-electron chi connectivity index (χ4n) is 4.60. The third-order valence-corrected chi connectivity index (χ3v) is 6.82. The molecular weight excluding hydrogens is 530 g/mol. The van der Waals surface area contributed by atoms with Crippen LogP contribution in [-0.2, 0) is 13.2 Å². The van der Waals surface area contributed by atoms with Crippen LogP contribution in [-0.4, -0.2) is 37.5 Å². The summed E-state index contributed by atoms with van der Waals surface area (Å²) >= 11 is 0. The highest BCUT2D eigenvalue weighted by molar-refractivity contribution is 6.04. The van der Waals surface area contributed by atoms with Crippen molar-refractivity contribution in [3.8, 4) is 22.3 Å². The number of aromatic carboxylic acids is 1. The van der Waals surface area contributed by atoms with Crippen LogP contribution in [0.5, 0.6) is 0 Å². The van der Waals surface area contributed by atoms with Crippen LogP contribution in [0, 0.1) is 11.6 Å². The minimum Gasteiger partial charge on any atom is -0.478 e. The third-order valence-electron chi connectivity index (χ3n) is 6.82. The summed E-state index contributed by atoms with van der Waals surface area (Å²) in [6.45, 7) is -0.127. The number of aldehydes is 1. The molecule has 0 aliphatic heterocycles. The zero-order valence-electron chi connectivity index (χ0n) is 21.5. The van der Waals surface area contributed by atoms with Gasteiger partial charge in [0.05, 0.1) is 18.8 Å². The van der Waals surface area contributed by atoms with E-state index in [9.17, 15) is 18.4 Å². The minimum absolute atomic E-state index is 0.0467. The molecule has 0 unspecified atom stereocenters. The number of nitrogens with one attached hydrogen (secondary N) is 2. The van der Waals surface area contributed by atoms with E-state index in [1.165, 1.54) is 24.4 Å². The zero-order valence-corrected chi connectivity index (χ0v) is 21.5. The van der Waals surface area contributed by atoms with E-state index in [4.69, 9.17) is 15.3 Å². The molecule has 6 rings (SSSR count). The maximum atomic E-state index is 14.2. The Morgan fingerprint density at radius 1 is 0.707 bits per heavy atom. The van der Waals surface area contributed by atoms with E-state index in [1.54, 1.807) is 60.8 Å². The summed E-state index contributed by atoms with van der Waals surface area (Å²) in [5, 5.41) is 28.3. The molecule has 5 N–H and O–H groups in total. The summed E-state index contributed by atoms with van der Waals surface area (Å²) in [6.07, 6.45) is 3.66. The van der Waals surface area contributed by atoms with Crippen molar-refractivity contribution in [1.82, 2.24) is 9.97 Å². The molecule has 0 atom stereocenters. The van der Waals surface area contributed by atoms with Gasteiger partial charge in [0, 0.05) is 50.9 Å². The van der Waals surface area contributed by atoms with Gasteiger partial charge < -0.3 is 25.3 Å². The molecule has 0 saturated heterocycles. The van der Waals surface area contributed by atoms with Gasteiger partial charge in [-0.15, -0.1) is 0 Å². The number of benzene rings is 4. The van der Waals surface area contributed by atoms with Crippen LogP contribution < -0.4 is 0 Å². The van der Waals surface area contributed by atoms with E-state index in [-0.39, 0.29) is 24.6 Å². The molecule has 0 fully saturated rings. The maximum Gasteiger partial charge on any atom is 0.337 e. The number of rotatable bonds is 6. The number of carbonyl (C=O) groups excluding carboxylic acids is 1. The van der Waals surface area contributed by atoms with Crippen molar-refractivity contribution in [2.75, 3.05) is 0 Å². The van der Waals surface area contributed by atoms with Crippen molar-refractivity contribution >= 4 is 34.1 Å². The van der Waals surface area contributed by atoms with Crippen molar-refractivity contribution in [1.29, 1.82) is 0 Å². The van der Waals surface area contributed by atoms with Gasteiger partial charge in [-0.1, -0.05) is 48.5 Å². The number of carboxylic acids is 1. The summed E-state index contributed by atoms with van der Waals surface area (Å²) in [4.78, 5) is 27.7. The predicted molar refractivity (Wildman–Crippen MR) is 152 cm³/mol. The van der Waals surface area contributed by atoms with Gasteiger partial charge >= 0.3 is 5.97 Å². The third kappa shape index (κ3) is 5.49. The number of H-pyrrole nitrogens is 2. The molecule has 0 saturated carbocycles. The van der Waals surface area contributed by atoms with Crippen LogP contribution in [0.15, 0.2) is 85.2 Å². The van der Waals surface area contributed by atoms with E-state index < -0.39 is 11.8 Å². The normalized spacial score (nSPS) is 10.9. The van der Waals surface area contributed by atoms with Crippen LogP contribution >= 0.6 is 0 Å². The molecule has 0 aliphatic rings. The number of carbonyl (C=O) groups is 2. The first-order valence-electron chi connectivity index (χ1n) is 12.5. The molecule has 7 nitrogen and oxygen atoms in total. The minimum atomic E-state index is -1.06. The number of aromatic nitrogens is 2. The molecular formula is C32H24F2N2O5. The highest BCUT2D eigenvalue weighted by atomic mass is 19.1. The highest BCUT2D eigenvalue weighted by Gasteiger charge is 2.15. The second-order valence-corrected chi connectivity index (χ2v) is 9.33. The van der Waals surface area contributed by atoms with Crippen LogP contribution in [0.4, 0.5) is 8.78 Å². The number of aromatic amines is 2. The van der Waals surface area contributed by atoms with E-state index >= 15 is 0 Å². The Morgan fingerprint density at radius 3 is 1.63 bits per heavy atom. The van der Waals surface area contributed by atoms with Crippen molar-refractivity contribution in [3.05, 3.63) is 119 Å². The van der Waals surface area contributed by atoms with Gasteiger partial charge in [-0.05, 0) is 46.5 Å².